The van der Waals surface area contributed by atoms with Gasteiger partial charge in [-0.25, -0.2) is 4.39 Å². The third-order valence-electron chi connectivity index (χ3n) is 2.82. The number of carbonyl (C=O) groups is 1. The monoisotopic (exact) mass is 343 g/mol. The van der Waals surface area contributed by atoms with E-state index in [9.17, 15) is 22.4 Å². The topological polar surface area (TPSA) is 47.6 Å². The number of hydrogen-bond donors (Lipinski definition) is 1. The third kappa shape index (κ3) is 5.79. The van der Waals surface area contributed by atoms with Crippen LogP contribution in [0.2, 0.25) is 0 Å². The lowest BCUT2D eigenvalue weighted by molar-refractivity contribution is -0.274. The van der Waals surface area contributed by atoms with Gasteiger partial charge in [-0.2, -0.15) is 0 Å². The van der Waals surface area contributed by atoms with E-state index >= 15 is 0 Å². The summed E-state index contributed by atoms with van der Waals surface area (Å²) in [6.45, 7) is 0.337. The molecule has 0 saturated heterocycles. The van der Waals surface area contributed by atoms with Gasteiger partial charge in [0.1, 0.15) is 23.9 Å². The van der Waals surface area contributed by atoms with E-state index in [4.69, 9.17) is 4.74 Å². The summed E-state index contributed by atoms with van der Waals surface area (Å²) in [5.41, 5.74) is 0.186. The van der Waals surface area contributed by atoms with Crippen molar-refractivity contribution in [3.05, 3.63) is 59.9 Å². The van der Waals surface area contributed by atoms with E-state index in [0.717, 1.165) is 12.1 Å². The normalized spacial score (nSPS) is 11.0. The molecular weight excluding hydrogens is 330 g/mol. The molecule has 0 heterocycles. The van der Waals surface area contributed by atoms with Crippen molar-refractivity contribution in [2.75, 3.05) is 13.2 Å². The predicted octanol–water partition coefficient (Wildman–Crippen LogP) is 3.53. The summed E-state index contributed by atoms with van der Waals surface area (Å²) >= 11 is 0. The second kappa shape index (κ2) is 7.67. The number of nitrogens with one attached hydrogen (secondary N) is 1. The molecule has 8 heteroatoms. The highest BCUT2D eigenvalue weighted by atomic mass is 19.4. The van der Waals surface area contributed by atoms with E-state index in [1.165, 1.54) is 36.4 Å². The Morgan fingerprint density at radius 2 is 1.54 bits per heavy atom. The lowest BCUT2D eigenvalue weighted by Crippen LogP contribution is -2.28. The molecule has 2 aromatic rings. The highest BCUT2D eigenvalue weighted by molar-refractivity contribution is 5.94. The van der Waals surface area contributed by atoms with E-state index in [-0.39, 0.29) is 24.5 Å². The van der Waals surface area contributed by atoms with Crippen LogP contribution in [0.3, 0.4) is 0 Å². The fraction of sp³-hybridized carbons (Fsp3) is 0.188. The molecule has 0 bridgehead atoms. The van der Waals surface area contributed by atoms with E-state index in [1.807, 2.05) is 0 Å². The van der Waals surface area contributed by atoms with Gasteiger partial charge >= 0.3 is 6.36 Å². The SMILES string of the molecule is O=C(NCCOc1ccc(F)cc1)c1ccc(OC(F)(F)F)cc1. The fourth-order valence-electron chi connectivity index (χ4n) is 1.77. The standard InChI is InChI=1S/C16H13F4NO3/c17-12-3-7-13(8-4-12)23-10-9-21-15(22)11-1-5-14(6-2-11)24-16(18,19)20/h1-8H,9-10H2,(H,21,22). The number of hydrogen-bond acceptors (Lipinski definition) is 3. The predicted molar refractivity (Wildman–Crippen MR) is 77.4 cm³/mol. The van der Waals surface area contributed by atoms with Crippen molar-refractivity contribution < 1.29 is 31.8 Å². The zero-order valence-corrected chi connectivity index (χ0v) is 12.3. The van der Waals surface area contributed by atoms with Crippen LogP contribution in [0.15, 0.2) is 48.5 Å². The van der Waals surface area contributed by atoms with Gasteiger partial charge in [-0.15, -0.1) is 13.2 Å². The van der Waals surface area contributed by atoms with Gasteiger partial charge in [0.25, 0.3) is 5.91 Å². The van der Waals surface area contributed by atoms with Crippen molar-refractivity contribution in [2.24, 2.45) is 0 Å². The number of amides is 1. The second-order valence-electron chi connectivity index (χ2n) is 4.63. The van der Waals surface area contributed by atoms with Crippen molar-refractivity contribution >= 4 is 5.91 Å². The highest BCUT2D eigenvalue weighted by Crippen LogP contribution is 2.22. The number of rotatable bonds is 6. The van der Waals surface area contributed by atoms with Crippen LogP contribution < -0.4 is 14.8 Å². The van der Waals surface area contributed by atoms with Gasteiger partial charge in [0, 0.05) is 5.56 Å². The molecule has 0 aliphatic carbocycles. The summed E-state index contributed by atoms with van der Waals surface area (Å²) in [6, 6.07) is 9.95. The third-order valence-corrected chi connectivity index (χ3v) is 2.82. The Balaban J connectivity index is 1.77. The molecule has 0 atom stereocenters. The maximum atomic E-state index is 12.7. The molecule has 0 unspecified atom stereocenters. The molecule has 0 aromatic heterocycles. The Labute approximate surface area is 135 Å². The molecule has 0 saturated carbocycles. The van der Waals surface area contributed by atoms with Crippen molar-refractivity contribution in [1.29, 1.82) is 0 Å². The molecule has 2 rings (SSSR count). The van der Waals surface area contributed by atoms with Crippen molar-refractivity contribution in [1.82, 2.24) is 5.32 Å². The van der Waals surface area contributed by atoms with Crippen LogP contribution in [0.4, 0.5) is 17.6 Å². The summed E-state index contributed by atoms with van der Waals surface area (Å²) < 4.78 is 57.8. The molecule has 2 aromatic carbocycles. The van der Waals surface area contributed by atoms with Crippen LogP contribution in [0, 0.1) is 5.82 Å². The van der Waals surface area contributed by atoms with Gasteiger partial charge in [-0.05, 0) is 48.5 Å². The number of carbonyl (C=O) groups excluding carboxylic acids is 1. The van der Waals surface area contributed by atoms with Crippen LogP contribution in [-0.4, -0.2) is 25.4 Å². The molecule has 0 radical (unpaired) electrons. The first kappa shape index (κ1) is 17.6. The minimum atomic E-state index is -4.78. The van der Waals surface area contributed by atoms with E-state index < -0.39 is 18.0 Å². The summed E-state index contributed by atoms with van der Waals surface area (Å²) in [5.74, 6) is -0.789. The zero-order valence-electron chi connectivity index (χ0n) is 12.3. The van der Waals surface area contributed by atoms with Crippen LogP contribution in [-0.2, 0) is 0 Å². The Morgan fingerprint density at radius 3 is 2.12 bits per heavy atom. The maximum Gasteiger partial charge on any atom is 0.573 e. The molecule has 24 heavy (non-hydrogen) atoms. The van der Waals surface area contributed by atoms with Gasteiger partial charge < -0.3 is 14.8 Å². The largest absolute Gasteiger partial charge is 0.573 e. The Hall–Kier alpha value is -2.77. The van der Waals surface area contributed by atoms with Crippen molar-refractivity contribution in [3.63, 3.8) is 0 Å². The van der Waals surface area contributed by atoms with Crippen molar-refractivity contribution in [3.8, 4) is 11.5 Å². The smallest absolute Gasteiger partial charge is 0.492 e. The first-order valence-corrected chi connectivity index (χ1v) is 6.86. The Kier molecular flexibility index (Phi) is 5.62. The first-order valence-electron chi connectivity index (χ1n) is 6.86. The number of halogens is 4. The average Bonchev–Trinajstić information content (AvgIpc) is 2.52. The molecule has 4 nitrogen and oxygen atoms in total. The highest BCUT2D eigenvalue weighted by Gasteiger charge is 2.31. The Bertz CT molecular complexity index is 669. The van der Waals surface area contributed by atoms with Gasteiger partial charge in [0.05, 0.1) is 6.54 Å². The number of alkyl halides is 3. The number of benzene rings is 2. The van der Waals surface area contributed by atoms with Gasteiger partial charge in [-0.1, -0.05) is 0 Å². The van der Waals surface area contributed by atoms with Crippen LogP contribution >= 0.6 is 0 Å². The maximum absolute atomic E-state index is 12.7. The summed E-state index contributed by atoms with van der Waals surface area (Å²) in [6.07, 6.45) is -4.78. The van der Waals surface area contributed by atoms with Gasteiger partial charge in [0.15, 0.2) is 0 Å². The minimum Gasteiger partial charge on any atom is -0.492 e. The zero-order chi connectivity index (χ0) is 17.6. The quantitative estimate of drug-likeness (QED) is 0.645. The molecule has 0 spiro atoms. The van der Waals surface area contributed by atoms with Gasteiger partial charge in [0.2, 0.25) is 0 Å². The molecular formula is C16H13F4NO3. The van der Waals surface area contributed by atoms with Crippen LogP contribution in [0.25, 0.3) is 0 Å². The molecule has 128 valence electrons. The Morgan fingerprint density at radius 1 is 0.958 bits per heavy atom. The van der Waals surface area contributed by atoms with E-state index in [2.05, 4.69) is 10.1 Å². The molecule has 1 amide bonds. The van der Waals surface area contributed by atoms with Gasteiger partial charge in [-0.3, -0.25) is 4.79 Å². The minimum absolute atomic E-state index is 0.159. The molecule has 1 N–H and O–H groups in total. The molecule has 0 fully saturated rings. The lowest BCUT2D eigenvalue weighted by Gasteiger charge is -2.10. The first-order chi connectivity index (χ1) is 11.3. The average molecular weight is 343 g/mol. The van der Waals surface area contributed by atoms with Crippen LogP contribution in [0.5, 0.6) is 11.5 Å². The molecule has 0 aliphatic rings. The lowest BCUT2D eigenvalue weighted by atomic mass is 10.2. The molecule has 0 aliphatic heterocycles. The fourth-order valence-corrected chi connectivity index (χ4v) is 1.77. The summed E-state index contributed by atoms with van der Waals surface area (Å²) in [5, 5.41) is 2.55. The van der Waals surface area contributed by atoms with E-state index in [0.29, 0.717) is 5.75 Å². The van der Waals surface area contributed by atoms with E-state index in [1.54, 1.807) is 0 Å². The number of ether oxygens (including phenoxy) is 2. The second-order valence-corrected chi connectivity index (χ2v) is 4.63. The van der Waals surface area contributed by atoms with Crippen molar-refractivity contribution in [2.45, 2.75) is 6.36 Å². The van der Waals surface area contributed by atoms with Crippen LogP contribution in [0.1, 0.15) is 10.4 Å². The summed E-state index contributed by atoms with van der Waals surface area (Å²) in [4.78, 5) is 11.8. The summed E-state index contributed by atoms with van der Waals surface area (Å²) in [7, 11) is 0.